The van der Waals surface area contributed by atoms with Crippen molar-refractivity contribution in [2.75, 3.05) is 11.3 Å². The van der Waals surface area contributed by atoms with Crippen molar-refractivity contribution < 1.29 is 8.42 Å². The maximum absolute atomic E-state index is 11.8. The summed E-state index contributed by atoms with van der Waals surface area (Å²) in [6.45, 7) is 2.14. The first-order chi connectivity index (χ1) is 9.00. The fraction of sp³-hybridized carbons (Fsp3) is 0.385. The lowest BCUT2D eigenvalue weighted by Crippen LogP contribution is -2.31. The van der Waals surface area contributed by atoms with E-state index in [1.165, 1.54) is 0 Å². The highest BCUT2D eigenvalue weighted by Crippen LogP contribution is 2.21. The van der Waals surface area contributed by atoms with Crippen LogP contribution in [0.1, 0.15) is 24.0 Å². The molecule has 19 heavy (non-hydrogen) atoms. The first-order valence-electron chi connectivity index (χ1n) is 6.10. The third-order valence-corrected chi connectivity index (χ3v) is 3.84. The minimum atomic E-state index is -3.48. The van der Waals surface area contributed by atoms with E-state index in [9.17, 15) is 8.42 Å². The van der Waals surface area contributed by atoms with Crippen LogP contribution in [0.25, 0.3) is 0 Å². The van der Waals surface area contributed by atoms with Crippen molar-refractivity contribution in [3.05, 3.63) is 29.3 Å². The molecule has 0 amide bonds. The quantitative estimate of drug-likeness (QED) is 0.710. The second kappa shape index (κ2) is 5.61. The number of benzene rings is 1. The molecular formula is C13H17N3O2S. The Morgan fingerprint density at radius 3 is 2.74 bits per heavy atom. The molecule has 6 heteroatoms. The Hall–Kier alpha value is -1.55. The topological polar surface area (TPSA) is 84.2 Å². The summed E-state index contributed by atoms with van der Waals surface area (Å²) in [7, 11) is -3.48. The lowest BCUT2D eigenvalue weighted by Gasteiger charge is -2.11. The second-order valence-electron chi connectivity index (χ2n) is 4.53. The molecule has 1 aromatic carbocycles. The average molecular weight is 279 g/mol. The Morgan fingerprint density at radius 1 is 1.42 bits per heavy atom. The fourth-order valence-electron chi connectivity index (χ4n) is 1.60. The number of rotatable bonds is 4. The van der Waals surface area contributed by atoms with Gasteiger partial charge in [0.15, 0.2) is 0 Å². The predicted molar refractivity (Wildman–Crippen MR) is 75.8 cm³/mol. The molecule has 102 valence electrons. The molecule has 0 heterocycles. The highest BCUT2D eigenvalue weighted by atomic mass is 32.2. The molecule has 1 aliphatic carbocycles. The normalized spacial score (nSPS) is 14.6. The van der Waals surface area contributed by atoms with Crippen LogP contribution >= 0.6 is 0 Å². The smallest absolute Gasteiger partial charge is 0.299 e. The van der Waals surface area contributed by atoms with Crippen LogP contribution in [0.3, 0.4) is 0 Å². The van der Waals surface area contributed by atoms with E-state index in [1.807, 2.05) is 13.0 Å². The van der Waals surface area contributed by atoms with Crippen molar-refractivity contribution >= 4 is 15.9 Å². The van der Waals surface area contributed by atoms with Crippen LogP contribution in [-0.2, 0) is 10.2 Å². The van der Waals surface area contributed by atoms with Crippen molar-refractivity contribution in [3.8, 4) is 11.8 Å². The number of nitrogens with one attached hydrogen (secondary N) is 2. The highest BCUT2D eigenvalue weighted by Gasteiger charge is 2.26. The molecule has 0 bridgehead atoms. The third kappa shape index (κ3) is 4.24. The molecule has 5 nitrogen and oxygen atoms in total. The molecule has 4 N–H and O–H groups in total. The zero-order valence-electron chi connectivity index (χ0n) is 10.7. The van der Waals surface area contributed by atoms with Gasteiger partial charge in [-0.1, -0.05) is 11.8 Å². The lowest BCUT2D eigenvalue weighted by molar-refractivity contribution is 0.586. The Bertz CT molecular complexity index is 625. The molecule has 0 spiro atoms. The van der Waals surface area contributed by atoms with Crippen molar-refractivity contribution in [2.45, 2.75) is 25.8 Å². The number of hydrogen-bond acceptors (Lipinski definition) is 3. The highest BCUT2D eigenvalue weighted by molar-refractivity contribution is 7.90. The zero-order chi connectivity index (χ0) is 13.9. The van der Waals surface area contributed by atoms with Gasteiger partial charge in [-0.15, -0.1) is 0 Å². The van der Waals surface area contributed by atoms with Crippen molar-refractivity contribution in [1.82, 2.24) is 4.72 Å². The van der Waals surface area contributed by atoms with Gasteiger partial charge in [0, 0.05) is 11.6 Å². The standard InChI is InChI=1S/C13H17N3O2S/c1-10-9-11(3-2-8-14)4-7-13(10)16-19(17,18)15-12-5-6-12/h4,7,9,12,15-16H,5-6,8,14H2,1H3. The van der Waals surface area contributed by atoms with Gasteiger partial charge in [-0.05, 0) is 43.5 Å². The summed E-state index contributed by atoms with van der Waals surface area (Å²) in [6.07, 6.45) is 1.82. The lowest BCUT2D eigenvalue weighted by atomic mass is 10.1. The number of aryl methyl sites for hydroxylation is 1. The molecule has 1 aromatic rings. The van der Waals surface area contributed by atoms with Crippen molar-refractivity contribution in [1.29, 1.82) is 0 Å². The Labute approximate surface area is 113 Å². The van der Waals surface area contributed by atoms with E-state index in [-0.39, 0.29) is 6.04 Å². The Balaban J connectivity index is 2.12. The van der Waals surface area contributed by atoms with Gasteiger partial charge in [-0.2, -0.15) is 13.1 Å². The van der Waals surface area contributed by atoms with Gasteiger partial charge >= 0.3 is 0 Å². The van der Waals surface area contributed by atoms with E-state index in [0.717, 1.165) is 24.0 Å². The molecular weight excluding hydrogens is 262 g/mol. The maximum atomic E-state index is 11.8. The summed E-state index contributed by atoms with van der Waals surface area (Å²) in [5.74, 6) is 5.67. The predicted octanol–water partition coefficient (Wildman–Crippen LogP) is 0.714. The van der Waals surface area contributed by atoms with E-state index in [0.29, 0.717) is 12.2 Å². The largest absolute Gasteiger partial charge is 0.320 e. The monoisotopic (exact) mass is 279 g/mol. The van der Waals surface area contributed by atoms with E-state index in [1.54, 1.807) is 12.1 Å². The van der Waals surface area contributed by atoms with Gasteiger partial charge in [0.2, 0.25) is 0 Å². The molecule has 0 saturated heterocycles. The van der Waals surface area contributed by atoms with E-state index in [2.05, 4.69) is 21.3 Å². The SMILES string of the molecule is Cc1cc(C#CCN)ccc1NS(=O)(=O)NC1CC1. The number of hydrogen-bond donors (Lipinski definition) is 3. The van der Waals surface area contributed by atoms with Gasteiger partial charge in [-0.25, -0.2) is 0 Å². The van der Waals surface area contributed by atoms with E-state index >= 15 is 0 Å². The van der Waals surface area contributed by atoms with Crippen molar-refractivity contribution in [3.63, 3.8) is 0 Å². The van der Waals surface area contributed by atoms with Crippen LogP contribution in [0.4, 0.5) is 5.69 Å². The maximum Gasteiger partial charge on any atom is 0.299 e. The molecule has 1 aliphatic rings. The minimum absolute atomic E-state index is 0.0903. The molecule has 0 aliphatic heterocycles. The van der Waals surface area contributed by atoms with Crippen LogP contribution in [0.5, 0.6) is 0 Å². The summed E-state index contributed by atoms with van der Waals surface area (Å²) in [6, 6.07) is 5.40. The molecule has 1 fully saturated rings. The van der Waals surface area contributed by atoms with Crippen molar-refractivity contribution in [2.24, 2.45) is 5.73 Å². The zero-order valence-corrected chi connectivity index (χ0v) is 11.5. The summed E-state index contributed by atoms with van der Waals surface area (Å²) in [4.78, 5) is 0. The van der Waals surface area contributed by atoms with Crippen LogP contribution in [0.2, 0.25) is 0 Å². The fourth-order valence-corrected chi connectivity index (χ4v) is 2.86. The first kappa shape index (κ1) is 13.9. The first-order valence-corrected chi connectivity index (χ1v) is 7.58. The molecule has 0 radical (unpaired) electrons. The molecule has 0 atom stereocenters. The van der Waals surface area contributed by atoms with Gasteiger partial charge in [0.1, 0.15) is 0 Å². The van der Waals surface area contributed by atoms with E-state index in [4.69, 9.17) is 5.73 Å². The number of anilines is 1. The average Bonchev–Trinajstić information content (AvgIpc) is 3.12. The minimum Gasteiger partial charge on any atom is -0.320 e. The number of nitrogens with two attached hydrogens (primary N) is 1. The summed E-state index contributed by atoms with van der Waals surface area (Å²) in [5.41, 5.74) is 7.51. The summed E-state index contributed by atoms with van der Waals surface area (Å²) in [5, 5.41) is 0. The molecule has 0 aromatic heterocycles. The third-order valence-electron chi connectivity index (χ3n) is 2.70. The molecule has 0 unspecified atom stereocenters. The van der Waals surface area contributed by atoms with Crippen LogP contribution in [0.15, 0.2) is 18.2 Å². The van der Waals surface area contributed by atoms with Gasteiger partial charge in [-0.3, -0.25) is 4.72 Å². The van der Waals surface area contributed by atoms with E-state index < -0.39 is 10.2 Å². The van der Waals surface area contributed by atoms with Gasteiger partial charge in [0.05, 0.1) is 12.2 Å². The van der Waals surface area contributed by atoms with Crippen LogP contribution in [0, 0.1) is 18.8 Å². The molecule has 2 rings (SSSR count). The second-order valence-corrected chi connectivity index (χ2v) is 5.98. The summed E-state index contributed by atoms with van der Waals surface area (Å²) >= 11 is 0. The summed E-state index contributed by atoms with van der Waals surface area (Å²) < 4.78 is 28.7. The van der Waals surface area contributed by atoms with Crippen LogP contribution in [-0.4, -0.2) is 21.0 Å². The van der Waals surface area contributed by atoms with Gasteiger partial charge < -0.3 is 5.73 Å². The van der Waals surface area contributed by atoms with Crippen LogP contribution < -0.4 is 15.2 Å². The Morgan fingerprint density at radius 2 is 2.16 bits per heavy atom. The Kier molecular flexibility index (Phi) is 4.10. The van der Waals surface area contributed by atoms with Gasteiger partial charge in [0.25, 0.3) is 10.2 Å². The molecule has 1 saturated carbocycles.